The van der Waals surface area contributed by atoms with Gasteiger partial charge in [0.15, 0.2) is 5.43 Å². The lowest BCUT2D eigenvalue weighted by atomic mass is 10.1. The normalized spacial score (nSPS) is 23.4. The molecule has 0 aromatic carbocycles. The van der Waals surface area contributed by atoms with E-state index < -0.39 is 0 Å². The number of nitrogens with one attached hydrogen (secondary N) is 1. The first-order valence-electron chi connectivity index (χ1n) is 6.20. The number of aromatic amines is 1. The van der Waals surface area contributed by atoms with Crippen molar-refractivity contribution in [1.82, 2.24) is 9.88 Å². The molecule has 6 heteroatoms. The van der Waals surface area contributed by atoms with Crippen LogP contribution in [-0.4, -0.2) is 46.4 Å². The molecule has 0 spiro atoms. The van der Waals surface area contributed by atoms with Crippen LogP contribution in [-0.2, 0) is 4.74 Å². The van der Waals surface area contributed by atoms with E-state index in [2.05, 4.69) is 20.9 Å². The zero-order valence-electron chi connectivity index (χ0n) is 11.0. The van der Waals surface area contributed by atoms with Crippen LogP contribution in [0.4, 0.5) is 0 Å². The number of hydrogen-bond donors (Lipinski definition) is 1. The number of amides is 1. The fourth-order valence-corrected chi connectivity index (χ4v) is 2.48. The van der Waals surface area contributed by atoms with Gasteiger partial charge in [-0.3, -0.25) is 9.59 Å². The summed E-state index contributed by atoms with van der Waals surface area (Å²) >= 11 is 3.36. The van der Waals surface area contributed by atoms with Gasteiger partial charge in [0.2, 0.25) is 0 Å². The van der Waals surface area contributed by atoms with Crippen LogP contribution in [0, 0.1) is 6.92 Å². The van der Waals surface area contributed by atoms with Gasteiger partial charge in [-0.1, -0.05) is 15.9 Å². The van der Waals surface area contributed by atoms with E-state index in [1.165, 1.54) is 12.3 Å². The van der Waals surface area contributed by atoms with Crippen molar-refractivity contribution in [1.29, 1.82) is 0 Å². The van der Waals surface area contributed by atoms with E-state index in [0.29, 0.717) is 18.5 Å². The summed E-state index contributed by atoms with van der Waals surface area (Å²) in [5, 5.41) is 0.674. The first-order valence-corrected chi connectivity index (χ1v) is 7.33. The lowest BCUT2D eigenvalue weighted by Crippen LogP contribution is -2.52. The van der Waals surface area contributed by atoms with Gasteiger partial charge in [-0.25, -0.2) is 0 Å². The molecule has 2 unspecified atom stereocenters. The summed E-state index contributed by atoms with van der Waals surface area (Å²) in [5.41, 5.74) is 0.693. The lowest BCUT2D eigenvalue weighted by molar-refractivity contribution is -0.0362. The highest BCUT2D eigenvalue weighted by molar-refractivity contribution is 9.09. The molecule has 2 atom stereocenters. The topological polar surface area (TPSA) is 62.4 Å². The van der Waals surface area contributed by atoms with Crippen LogP contribution in [0.5, 0.6) is 0 Å². The number of carbonyl (C=O) groups is 1. The Morgan fingerprint density at radius 3 is 3.00 bits per heavy atom. The smallest absolute Gasteiger partial charge is 0.259 e. The average Bonchev–Trinajstić information content (AvgIpc) is 2.38. The molecule has 1 aliphatic rings. The van der Waals surface area contributed by atoms with Crippen LogP contribution in [0.3, 0.4) is 0 Å². The molecule has 1 saturated heterocycles. The van der Waals surface area contributed by atoms with Crippen molar-refractivity contribution in [3.05, 3.63) is 33.7 Å². The first kappa shape index (κ1) is 14.3. The third-order valence-corrected chi connectivity index (χ3v) is 3.95. The molecule has 1 aromatic rings. The lowest BCUT2D eigenvalue weighted by Gasteiger charge is -2.37. The second kappa shape index (κ2) is 5.88. The number of aromatic nitrogens is 1. The Morgan fingerprint density at radius 1 is 1.63 bits per heavy atom. The molecule has 104 valence electrons. The Bertz CT molecular complexity index is 529. The van der Waals surface area contributed by atoms with Gasteiger partial charge in [0.1, 0.15) is 5.56 Å². The number of rotatable bonds is 2. The summed E-state index contributed by atoms with van der Waals surface area (Å²) in [5.74, 6) is -0.233. The highest BCUT2D eigenvalue weighted by Gasteiger charge is 2.30. The standard InChI is InChI=1S/C13H17BrN2O3/c1-8-3-12(17)11(5-15-8)13(18)16-6-10(4-14)19-7-9(16)2/h3,5,9-10H,4,6-7H2,1-2H3,(H,15,17). The van der Waals surface area contributed by atoms with Crippen LogP contribution in [0.1, 0.15) is 23.0 Å². The number of halogens is 1. The van der Waals surface area contributed by atoms with Crippen LogP contribution >= 0.6 is 15.9 Å². The summed E-state index contributed by atoms with van der Waals surface area (Å²) in [6.45, 7) is 4.70. The van der Waals surface area contributed by atoms with Gasteiger partial charge in [0, 0.05) is 29.8 Å². The minimum absolute atomic E-state index is 0.0234. The molecule has 1 N–H and O–H groups in total. The fraction of sp³-hybridized carbons (Fsp3) is 0.538. The zero-order chi connectivity index (χ0) is 14.0. The molecule has 1 fully saturated rings. The summed E-state index contributed by atoms with van der Waals surface area (Å²) in [7, 11) is 0. The molecule has 0 bridgehead atoms. The molecule has 1 aromatic heterocycles. The second-order valence-electron chi connectivity index (χ2n) is 4.81. The van der Waals surface area contributed by atoms with Gasteiger partial charge in [0.25, 0.3) is 5.91 Å². The third kappa shape index (κ3) is 3.06. The summed E-state index contributed by atoms with van der Waals surface area (Å²) < 4.78 is 5.58. The van der Waals surface area contributed by atoms with Crippen molar-refractivity contribution < 1.29 is 9.53 Å². The van der Waals surface area contributed by atoms with E-state index >= 15 is 0 Å². The summed E-state index contributed by atoms with van der Waals surface area (Å²) in [6, 6.07) is 1.42. The number of morpholine rings is 1. The van der Waals surface area contributed by atoms with Crippen LogP contribution < -0.4 is 5.43 Å². The zero-order valence-corrected chi connectivity index (χ0v) is 12.6. The second-order valence-corrected chi connectivity index (χ2v) is 5.46. The fourth-order valence-electron chi connectivity index (χ4n) is 2.09. The van der Waals surface area contributed by atoms with Crippen LogP contribution in [0.15, 0.2) is 17.1 Å². The maximum atomic E-state index is 12.4. The monoisotopic (exact) mass is 328 g/mol. The van der Waals surface area contributed by atoms with Gasteiger partial charge in [0.05, 0.1) is 18.8 Å². The number of pyridine rings is 1. The Labute approximate surface area is 120 Å². The molecule has 5 nitrogen and oxygen atoms in total. The predicted molar refractivity (Wildman–Crippen MR) is 75.8 cm³/mol. The average molecular weight is 329 g/mol. The minimum atomic E-state index is -0.240. The predicted octanol–water partition coefficient (Wildman–Crippen LogP) is 1.31. The number of carbonyl (C=O) groups excluding carboxylic acids is 1. The third-order valence-electron chi connectivity index (χ3n) is 3.23. The quantitative estimate of drug-likeness (QED) is 0.832. The van der Waals surface area contributed by atoms with Gasteiger partial charge >= 0.3 is 0 Å². The Hall–Kier alpha value is -1.14. The van der Waals surface area contributed by atoms with Crippen molar-refractivity contribution in [2.24, 2.45) is 0 Å². The summed E-state index contributed by atoms with van der Waals surface area (Å²) in [6.07, 6.45) is 1.47. The first-order chi connectivity index (χ1) is 9.02. The molecule has 0 radical (unpaired) electrons. The van der Waals surface area contributed by atoms with Crippen molar-refractivity contribution >= 4 is 21.8 Å². The number of hydrogen-bond acceptors (Lipinski definition) is 3. The van der Waals surface area contributed by atoms with E-state index in [1.807, 2.05) is 6.92 Å². The molecule has 0 saturated carbocycles. The van der Waals surface area contributed by atoms with Gasteiger partial charge in [-0.05, 0) is 13.8 Å². The number of alkyl halides is 1. The number of nitrogens with zero attached hydrogens (tertiary/aromatic N) is 1. The molecular formula is C13H17BrN2O3. The minimum Gasteiger partial charge on any atom is -0.373 e. The van der Waals surface area contributed by atoms with E-state index in [9.17, 15) is 9.59 Å². The van der Waals surface area contributed by atoms with E-state index in [1.54, 1.807) is 11.8 Å². The van der Waals surface area contributed by atoms with Gasteiger partial charge in [-0.2, -0.15) is 0 Å². The summed E-state index contributed by atoms with van der Waals surface area (Å²) in [4.78, 5) is 28.9. The van der Waals surface area contributed by atoms with Crippen LogP contribution in [0.2, 0.25) is 0 Å². The van der Waals surface area contributed by atoms with E-state index in [4.69, 9.17) is 4.74 Å². The van der Waals surface area contributed by atoms with Crippen molar-refractivity contribution in [3.8, 4) is 0 Å². The van der Waals surface area contributed by atoms with Crippen molar-refractivity contribution in [2.75, 3.05) is 18.5 Å². The van der Waals surface area contributed by atoms with Gasteiger partial charge in [-0.15, -0.1) is 0 Å². The highest BCUT2D eigenvalue weighted by Crippen LogP contribution is 2.15. The Kier molecular flexibility index (Phi) is 4.42. The van der Waals surface area contributed by atoms with Gasteiger partial charge < -0.3 is 14.6 Å². The highest BCUT2D eigenvalue weighted by atomic mass is 79.9. The molecular weight excluding hydrogens is 312 g/mol. The van der Waals surface area contributed by atoms with Crippen LogP contribution in [0.25, 0.3) is 0 Å². The number of ether oxygens (including phenoxy) is 1. The molecule has 2 heterocycles. The van der Waals surface area contributed by atoms with Crippen molar-refractivity contribution in [2.45, 2.75) is 26.0 Å². The molecule has 1 amide bonds. The maximum Gasteiger partial charge on any atom is 0.259 e. The molecule has 2 rings (SSSR count). The number of H-pyrrole nitrogens is 1. The largest absolute Gasteiger partial charge is 0.373 e. The molecule has 0 aliphatic carbocycles. The number of aryl methyl sites for hydroxylation is 1. The van der Waals surface area contributed by atoms with E-state index in [-0.39, 0.29) is 29.0 Å². The Balaban J connectivity index is 2.24. The Morgan fingerprint density at radius 2 is 2.37 bits per heavy atom. The molecule has 1 aliphatic heterocycles. The van der Waals surface area contributed by atoms with Crippen molar-refractivity contribution in [3.63, 3.8) is 0 Å². The van der Waals surface area contributed by atoms with E-state index in [0.717, 1.165) is 5.69 Å². The maximum absolute atomic E-state index is 12.4. The SMILES string of the molecule is Cc1cc(=O)c(C(=O)N2CC(CBr)OCC2C)c[nH]1. The molecule has 19 heavy (non-hydrogen) atoms.